The van der Waals surface area contributed by atoms with E-state index in [1.54, 1.807) is 25.3 Å². The summed E-state index contributed by atoms with van der Waals surface area (Å²) in [6.07, 6.45) is 1.40. The van der Waals surface area contributed by atoms with Crippen LogP contribution >= 0.6 is 0 Å². The van der Waals surface area contributed by atoms with E-state index in [1.165, 1.54) is 4.31 Å². The van der Waals surface area contributed by atoms with Gasteiger partial charge in [0.05, 0.1) is 17.9 Å². The molecule has 1 aromatic rings. The van der Waals surface area contributed by atoms with Crippen LogP contribution in [0.1, 0.15) is 32.3 Å². The first-order valence-corrected chi connectivity index (χ1v) is 9.65. The lowest BCUT2D eigenvalue weighted by atomic mass is 9.98. The lowest BCUT2D eigenvalue weighted by molar-refractivity contribution is -0.126. The minimum atomic E-state index is -3.61. The van der Waals surface area contributed by atoms with Crippen LogP contribution in [0.4, 0.5) is 0 Å². The van der Waals surface area contributed by atoms with E-state index in [0.29, 0.717) is 25.1 Å². The molecule has 6 nitrogen and oxygen atoms in total. The molecule has 0 aromatic heterocycles. The van der Waals surface area contributed by atoms with Crippen molar-refractivity contribution in [3.63, 3.8) is 0 Å². The van der Waals surface area contributed by atoms with Crippen LogP contribution in [0.3, 0.4) is 0 Å². The van der Waals surface area contributed by atoms with Gasteiger partial charge in [-0.25, -0.2) is 8.42 Å². The highest BCUT2D eigenvalue weighted by atomic mass is 32.2. The molecule has 0 bridgehead atoms. The second kappa shape index (κ2) is 7.53. The number of methoxy groups -OCH3 is 1. The van der Waals surface area contributed by atoms with Gasteiger partial charge in [0.15, 0.2) is 0 Å². The molecule has 7 heteroatoms. The standard InChI is InChI=1S/C17H26N2O4S/c1-12(2)18-17(20)14-6-5-9-19(11-14)24(21,22)15-7-8-16(23-4)13(3)10-15/h7-8,10,12,14H,5-6,9,11H2,1-4H3,(H,18,20)/t14-/m1/s1. The van der Waals surface area contributed by atoms with Gasteiger partial charge in [-0.3, -0.25) is 4.79 Å². The first kappa shape index (κ1) is 18.7. The summed E-state index contributed by atoms with van der Waals surface area (Å²) < 4.78 is 32.4. The van der Waals surface area contributed by atoms with E-state index < -0.39 is 10.0 Å². The van der Waals surface area contributed by atoms with Crippen molar-refractivity contribution in [2.45, 2.75) is 44.6 Å². The Morgan fingerprint density at radius 2 is 2.08 bits per heavy atom. The summed E-state index contributed by atoms with van der Waals surface area (Å²) in [6.45, 7) is 6.28. The first-order valence-electron chi connectivity index (χ1n) is 8.21. The molecule has 1 aliphatic rings. The van der Waals surface area contributed by atoms with E-state index in [2.05, 4.69) is 5.32 Å². The molecule has 1 amide bonds. The largest absolute Gasteiger partial charge is 0.496 e. The number of aryl methyl sites for hydroxylation is 1. The maximum atomic E-state index is 12.9. The van der Waals surface area contributed by atoms with E-state index >= 15 is 0 Å². The highest BCUT2D eigenvalue weighted by Crippen LogP contribution is 2.27. The van der Waals surface area contributed by atoms with E-state index in [0.717, 1.165) is 5.56 Å². The number of nitrogens with one attached hydrogen (secondary N) is 1. The second-order valence-electron chi connectivity index (χ2n) is 6.50. The molecule has 134 valence electrons. The van der Waals surface area contributed by atoms with Crippen molar-refractivity contribution in [2.75, 3.05) is 20.2 Å². The molecule has 1 aliphatic heterocycles. The zero-order chi connectivity index (χ0) is 17.9. The Kier molecular flexibility index (Phi) is 5.87. The average molecular weight is 354 g/mol. The summed E-state index contributed by atoms with van der Waals surface area (Å²) in [5, 5.41) is 2.87. The highest BCUT2D eigenvalue weighted by Gasteiger charge is 2.33. The van der Waals surface area contributed by atoms with Crippen molar-refractivity contribution in [1.29, 1.82) is 0 Å². The summed E-state index contributed by atoms with van der Waals surface area (Å²) in [4.78, 5) is 12.4. The van der Waals surface area contributed by atoms with Crippen LogP contribution in [0.2, 0.25) is 0 Å². The quantitative estimate of drug-likeness (QED) is 0.877. The van der Waals surface area contributed by atoms with E-state index in [9.17, 15) is 13.2 Å². The van der Waals surface area contributed by atoms with Gasteiger partial charge in [0.25, 0.3) is 0 Å². The molecule has 1 atom stereocenters. The van der Waals surface area contributed by atoms with E-state index in [1.807, 2.05) is 20.8 Å². The van der Waals surface area contributed by atoms with Crippen LogP contribution < -0.4 is 10.1 Å². The lowest BCUT2D eigenvalue weighted by Gasteiger charge is -2.31. The Morgan fingerprint density at radius 3 is 2.67 bits per heavy atom. The van der Waals surface area contributed by atoms with Crippen molar-refractivity contribution in [1.82, 2.24) is 9.62 Å². The smallest absolute Gasteiger partial charge is 0.243 e. The van der Waals surface area contributed by atoms with Crippen LogP contribution in [0.5, 0.6) is 5.75 Å². The maximum absolute atomic E-state index is 12.9. The topological polar surface area (TPSA) is 75.7 Å². The molecule has 0 saturated carbocycles. The number of rotatable bonds is 5. The predicted molar refractivity (Wildman–Crippen MR) is 92.5 cm³/mol. The van der Waals surface area contributed by atoms with Crippen molar-refractivity contribution >= 4 is 15.9 Å². The minimum absolute atomic E-state index is 0.0497. The molecule has 2 rings (SSSR count). The highest BCUT2D eigenvalue weighted by molar-refractivity contribution is 7.89. The van der Waals surface area contributed by atoms with Crippen molar-refractivity contribution in [3.8, 4) is 5.75 Å². The number of amides is 1. The summed E-state index contributed by atoms with van der Waals surface area (Å²) in [5.74, 6) is 0.285. The molecule has 0 radical (unpaired) electrons. The fourth-order valence-corrected chi connectivity index (χ4v) is 4.55. The van der Waals surface area contributed by atoms with Crippen LogP contribution in [0.15, 0.2) is 23.1 Å². The SMILES string of the molecule is COc1ccc(S(=O)(=O)N2CCC[C@@H](C(=O)NC(C)C)C2)cc1C. The number of carbonyl (C=O) groups is 1. The second-order valence-corrected chi connectivity index (χ2v) is 8.43. The third-order valence-electron chi connectivity index (χ3n) is 4.19. The Labute approximate surface area is 144 Å². The van der Waals surface area contributed by atoms with Gasteiger partial charge in [0, 0.05) is 19.1 Å². The van der Waals surface area contributed by atoms with Gasteiger partial charge in [-0.1, -0.05) is 0 Å². The molecular formula is C17H26N2O4S. The number of benzene rings is 1. The summed E-state index contributed by atoms with van der Waals surface area (Å²) in [7, 11) is -2.05. The maximum Gasteiger partial charge on any atom is 0.243 e. The zero-order valence-electron chi connectivity index (χ0n) is 14.7. The van der Waals surface area contributed by atoms with Crippen molar-refractivity contribution in [3.05, 3.63) is 23.8 Å². The number of nitrogens with zero attached hydrogens (tertiary/aromatic N) is 1. The molecule has 1 fully saturated rings. The molecule has 1 aromatic carbocycles. The van der Waals surface area contributed by atoms with Gasteiger partial charge in [-0.05, 0) is 57.4 Å². The third-order valence-corrected chi connectivity index (χ3v) is 6.05. The summed E-state index contributed by atoms with van der Waals surface area (Å²) in [5.41, 5.74) is 0.768. The van der Waals surface area contributed by atoms with Crippen LogP contribution in [-0.4, -0.2) is 44.9 Å². The van der Waals surface area contributed by atoms with Gasteiger partial charge < -0.3 is 10.1 Å². The minimum Gasteiger partial charge on any atom is -0.496 e. The van der Waals surface area contributed by atoms with E-state index in [-0.39, 0.29) is 29.3 Å². The van der Waals surface area contributed by atoms with Gasteiger partial charge in [-0.2, -0.15) is 4.31 Å². The number of sulfonamides is 1. The van der Waals surface area contributed by atoms with Crippen LogP contribution in [0, 0.1) is 12.8 Å². The van der Waals surface area contributed by atoms with Crippen molar-refractivity contribution in [2.24, 2.45) is 5.92 Å². The number of hydrogen-bond acceptors (Lipinski definition) is 4. The Bertz CT molecular complexity index is 701. The normalized spacial score (nSPS) is 19.3. The van der Waals surface area contributed by atoms with Gasteiger partial charge in [0.2, 0.25) is 15.9 Å². The van der Waals surface area contributed by atoms with Crippen LogP contribution in [0.25, 0.3) is 0 Å². The Hall–Kier alpha value is -1.60. The fraction of sp³-hybridized carbons (Fsp3) is 0.588. The molecule has 0 unspecified atom stereocenters. The Balaban J connectivity index is 2.19. The first-order chi connectivity index (χ1) is 11.3. The predicted octanol–water partition coefficient (Wildman–Crippen LogP) is 1.93. The molecule has 1 saturated heterocycles. The summed E-state index contributed by atoms with van der Waals surface area (Å²) in [6, 6.07) is 4.88. The average Bonchev–Trinajstić information content (AvgIpc) is 2.54. The molecule has 0 aliphatic carbocycles. The number of carbonyl (C=O) groups excluding carboxylic acids is 1. The molecule has 1 heterocycles. The third kappa shape index (κ3) is 4.08. The van der Waals surface area contributed by atoms with E-state index in [4.69, 9.17) is 4.74 Å². The molecule has 0 spiro atoms. The lowest BCUT2D eigenvalue weighted by Crippen LogP contribution is -2.46. The van der Waals surface area contributed by atoms with Gasteiger partial charge >= 0.3 is 0 Å². The van der Waals surface area contributed by atoms with Crippen LogP contribution in [-0.2, 0) is 14.8 Å². The van der Waals surface area contributed by atoms with Gasteiger partial charge in [0.1, 0.15) is 5.75 Å². The zero-order valence-corrected chi connectivity index (χ0v) is 15.5. The number of ether oxygens (including phenoxy) is 1. The van der Waals surface area contributed by atoms with Crippen molar-refractivity contribution < 1.29 is 17.9 Å². The molecule has 1 N–H and O–H groups in total. The summed E-state index contributed by atoms with van der Waals surface area (Å²) >= 11 is 0. The fourth-order valence-electron chi connectivity index (χ4n) is 2.94. The molecule has 24 heavy (non-hydrogen) atoms. The molecular weight excluding hydrogens is 328 g/mol. The van der Waals surface area contributed by atoms with Gasteiger partial charge in [-0.15, -0.1) is 0 Å². The Morgan fingerprint density at radius 1 is 1.38 bits per heavy atom. The number of hydrogen-bond donors (Lipinski definition) is 1. The number of piperidine rings is 1. The monoisotopic (exact) mass is 354 g/mol.